The van der Waals surface area contributed by atoms with Gasteiger partial charge in [-0.05, 0) is 24.3 Å². The highest BCUT2D eigenvalue weighted by molar-refractivity contribution is 7.87. The summed E-state index contributed by atoms with van der Waals surface area (Å²) < 4.78 is 106. The number of carbonyl (C=O) groups is 1. The molecule has 0 unspecified atom stereocenters. The molecule has 0 radical (unpaired) electrons. The number of hydrogen-bond acceptors (Lipinski definition) is 4. The Morgan fingerprint density at radius 3 is 1.77 bits per heavy atom. The Morgan fingerprint density at radius 1 is 0.808 bits per heavy atom. The molecule has 0 atom stereocenters. The van der Waals surface area contributed by atoms with E-state index in [4.69, 9.17) is 0 Å². The minimum absolute atomic E-state index is 0.0437. The van der Waals surface area contributed by atoms with Crippen molar-refractivity contribution in [2.45, 2.75) is 6.42 Å². The second-order valence-electron chi connectivity index (χ2n) is 4.92. The second kappa shape index (κ2) is 7.36. The van der Waals surface area contributed by atoms with Gasteiger partial charge in [0.15, 0.2) is 5.78 Å². The Morgan fingerprint density at radius 2 is 1.27 bits per heavy atom. The topological polar surface area (TPSA) is 60.4 Å². The minimum atomic E-state index is -4.87. The van der Waals surface area contributed by atoms with E-state index in [2.05, 4.69) is 4.18 Å². The Hall–Kier alpha value is -2.56. The fourth-order valence-electron chi connectivity index (χ4n) is 1.82. The van der Waals surface area contributed by atoms with Crippen LogP contribution in [0.3, 0.4) is 0 Å². The van der Waals surface area contributed by atoms with Crippen LogP contribution in [0.15, 0.2) is 24.3 Å². The maximum absolute atomic E-state index is 13.4. The number of hydrogen-bond donors (Lipinski definition) is 0. The molecule has 0 saturated carbocycles. The Balaban J connectivity index is 2.17. The molecule has 2 aromatic rings. The highest BCUT2D eigenvalue weighted by atomic mass is 32.2. The van der Waals surface area contributed by atoms with Crippen LogP contribution in [0.5, 0.6) is 5.75 Å². The average Bonchev–Trinajstić information content (AvgIpc) is 2.60. The number of carbonyl (C=O) groups excluding carboxylic acids is 1. The highest BCUT2D eigenvalue weighted by Gasteiger charge is 2.30. The number of halogens is 6. The molecule has 0 heterocycles. The maximum atomic E-state index is 13.4. The zero-order valence-corrected chi connectivity index (χ0v) is 13.3. The molecule has 2 aromatic carbocycles. The first-order chi connectivity index (χ1) is 12.0. The summed E-state index contributed by atoms with van der Waals surface area (Å²) in [5.74, 6) is -16.7. The Bertz CT molecular complexity index is 928. The molecule has 0 saturated heterocycles. The van der Waals surface area contributed by atoms with E-state index in [1.807, 2.05) is 0 Å². The van der Waals surface area contributed by atoms with E-state index in [1.165, 1.54) is 0 Å². The summed E-state index contributed by atoms with van der Waals surface area (Å²) in [5, 5.41) is 0. The van der Waals surface area contributed by atoms with Gasteiger partial charge in [0.1, 0.15) is 5.82 Å². The van der Waals surface area contributed by atoms with E-state index in [0.717, 1.165) is 24.3 Å². The molecule has 0 amide bonds. The quantitative estimate of drug-likeness (QED) is 0.246. The van der Waals surface area contributed by atoms with Crippen LogP contribution in [0.2, 0.25) is 0 Å². The summed E-state index contributed by atoms with van der Waals surface area (Å²) in [6.45, 7) is 0. The lowest BCUT2D eigenvalue weighted by atomic mass is 10.1. The Labute approximate surface area is 143 Å². The SMILES string of the molecule is O=C(CCS(=O)(=O)Oc1c(F)c(F)c(F)c(F)c1F)c1ccc(F)cc1. The van der Waals surface area contributed by atoms with Gasteiger partial charge in [-0.15, -0.1) is 0 Å². The van der Waals surface area contributed by atoms with Gasteiger partial charge in [-0.25, -0.2) is 17.6 Å². The van der Waals surface area contributed by atoms with Crippen molar-refractivity contribution in [2.75, 3.05) is 5.75 Å². The maximum Gasteiger partial charge on any atom is 0.309 e. The minimum Gasteiger partial charge on any atom is -0.376 e. The van der Waals surface area contributed by atoms with Gasteiger partial charge in [0.05, 0.1) is 5.75 Å². The third-order valence-corrected chi connectivity index (χ3v) is 4.25. The van der Waals surface area contributed by atoms with Gasteiger partial charge >= 0.3 is 10.1 Å². The van der Waals surface area contributed by atoms with Crippen LogP contribution in [-0.2, 0) is 10.1 Å². The molecule has 140 valence electrons. The van der Waals surface area contributed by atoms with Gasteiger partial charge in [-0.3, -0.25) is 4.79 Å². The highest BCUT2D eigenvalue weighted by Crippen LogP contribution is 2.30. The first kappa shape index (κ1) is 19.8. The van der Waals surface area contributed by atoms with Crippen molar-refractivity contribution in [3.05, 3.63) is 64.7 Å². The molecule has 0 aliphatic rings. The largest absolute Gasteiger partial charge is 0.376 e. The van der Waals surface area contributed by atoms with Gasteiger partial charge in [0.25, 0.3) is 0 Å². The van der Waals surface area contributed by atoms with Crippen molar-refractivity contribution in [3.63, 3.8) is 0 Å². The van der Waals surface area contributed by atoms with Crippen molar-refractivity contribution in [1.29, 1.82) is 0 Å². The van der Waals surface area contributed by atoms with Gasteiger partial charge in [0.2, 0.25) is 34.8 Å². The second-order valence-corrected chi connectivity index (χ2v) is 6.61. The molecule has 0 spiro atoms. The summed E-state index contributed by atoms with van der Waals surface area (Å²) in [6, 6.07) is 4.06. The molecular weight excluding hydrogens is 390 g/mol. The molecule has 2 rings (SSSR count). The molecule has 0 aliphatic heterocycles. The summed E-state index contributed by atoms with van der Waals surface area (Å²) in [4.78, 5) is 11.8. The predicted octanol–water partition coefficient (Wildman–Crippen LogP) is 3.50. The molecule has 0 aromatic heterocycles. The first-order valence-electron chi connectivity index (χ1n) is 6.76. The molecule has 0 fully saturated rings. The molecule has 0 aliphatic carbocycles. The number of Topliss-reactive ketones (excluding diaryl/α,β-unsaturated/α-hetero) is 1. The van der Waals surface area contributed by atoms with Crippen molar-refractivity contribution >= 4 is 15.9 Å². The fraction of sp³-hybridized carbons (Fsp3) is 0.133. The van der Waals surface area contributed by atoms with Gasteiger partial charge < -0.3 is 4.18 Å². The van der Waals surface area contributed by atoms with Crippen LogP contribution in [-0.4, -0.2) is 20.0 Å². The van der Waals surface area contributed by atoms with Gasteiger partial charge in [-0.1, -0.05) is 0 Å². The van der Waals surface area contributed by atoms with Crippen LogP contribution in [0.4, 0.5) is 26.3 Å². The summed E-state index contributed by atoms with van der Waals surface area (Å²) >= 11 is 0. The van der Waals surface area contributed by atoms with E-state index in [1.54, 1.807) is 0 Å². The number of benzene rings is 2. The first-order valence-corrected chi connectivity index (χ1v) is 8.33. The third kappa shape index (κ3) is 4.15. The summed E-state index contributed by atoms with van der Waals surface area (Å²) in [6.07, 6.45) is -0.733. The zero-order chi connectivity index (χ0) is 19.6. The van der Waals surface area contributed by atoms with E-state index < -0.39 is 68.7 Å². The van der Waals surface area contributed by atoms with Crippen molar-refractivity contribution in [3.8, 4) is 5.75 Å². The molecule has 11 heteroatoms. The van der Waals surface area contributed by atoms with E-state index in [-0.39, 0.29) is 5.56 Å². The van der Waals surface area contributed by atoms with Crippen LogP contribution < -0.4 is 4.18 Å². The lowest BCUT2D eigenvalue weighted by Crippen LogP contribution is -2.19. The average molecular weight is 398 g/mol. The lowest BCUT2D eigenvalue weighted by Gasteiger charge is -2.10. The van der Waals surface area contributed by atoms with Crippen molar-refractivity contribution in [1.82, 2.24) is 0 Å². The molecule has 4 nitrogen and oxygen atoms in total. The lowest BCUT2D eigenvalue weighted by molar-refractivity contribution is 0.0988. The molecular formula is C15H8F6O4S. The normalized spacial score (nSPS) is 11.5. The third-order valence-electron chi connectivity index (χ3n) is 3.13. The fourth-order valence-corrected chi connectivity index (χ4v) is 2.74. The summed E-state index contributed by atoms with van der Waals surface area (Å²) in [5.41, 5.74) is -0.0437. The van der Waals surface area contributed by atoms with Crippen LogP contribution >= 0.6 is 0 Å². The molecule has 0 bridgehead atoms. The van der Waals surface area contributed by atoms with Crippen molar-refractivity contribution < 1.29 is 43.7 Å². The molecule has 26 heavy (non-hydrogen) atoms. The van der Waals surface area contributed by atoms with Gasteiger partial charge in [-0.2, -0.15) is 17.2 Å². The monoisotopic (exact) mass is 398 g/mol. The Kier molecular flexibility index (Phi) is 5.59. The predicted molar refractivity (Wildman–Crippen MR) is 76.0 cm³/mol. The van der Waals surface area contributed by atoms with E-state index in [9.17, 15) is 39.6 Å². The van der Waals surface area contributed by atoms with Gasteiger partial charge in [0, 0.05) is 12.0 Å². The van der Waals surface area contributed by atoms with Crippen LogP contribution in [0.1, 0.15) is 16.8 Å². The van der Waals surface area contributed by atoms with Crippen LogP contribution in [0, 0.1) is 34.9 Å². The standard InChI is InChI=1S/C15H8F6O4S/c16-8-3-1-7(2-4-8)9(22)5-6-26(23,24)25-15-13(20)11(18)10(17)12(19)14(15)21/h1-4H,5-6H2. The zero-order valence-electron chi connectivity index (χ0n) is 12.5. The van der Waals surface area contributed by atoms with Crippen LogP contribution in [0.25, 0.3) is 0 Å². The smallest absolute Gasteiger partial charge is 0.309 e. The summed E-state index contributed by atoms with van der Waals surface area (Å²) in [7, 11) is -4.87. The van der Waals surface area contributed by atoms with Crippen molar-refractivity contribution in [2.24, 2.45) is 0 Å². The van der Waals surface area contributed by atoms with E-state index >= 15 is 0 Å². The number of rotatable bonds is 6. The number of ketones is 1. The van der Waals surface area contributed by atoms with E-state index in [0.29, 0.717) is 0 Å². The molecule has 0 N–H and O–H groups in total.